The lowest BCUT2D eigenvalue weighted by molar-refractivity contribution is 0.615. The molecule has 0 saturated heterocycles. The highest BCUT2D eigenvalue weighted by Crippen LogP contribution is 2.29. The van der Waals surface area contributed by atoms with E-state index in [1.807, 2.05) is 6.07 Å². The summed E-state index contributed by atoms with van der Waals surface area (Å²) in [5, 5.41) is 0. The van der Waals surface area contributed by atoms with Gasteiger partial charge >= 0.3 is 0 Å². The lowest BCUT2D eigenvalue weighted by Gasteiger charge is -2.20. The van der Waals surface area contributed by atoms with Gasteiger partial charge in [0, 0.05) is 4.47 Å². The van der Waals surface area contributed by atoms with Crippen molar-refractivity contribution in [2.45, 2.75) is 31.7 Å². The number of rotatable bonds is 2. The van der Waals surface area contributed by atoms with Gasteiger partial charge in [-0.25, -0.2) is 4.39 Å². The van der Waals surface area contributed by atoms with E-state index in [1.165, 1.54) is 30.5 Å². The Hall–Kier alpha value is -0.670. The predicted octanol–water partition coefficient (Wildman–Crippen LogP) is 4.09. The summed E-state index contributed by atoms with van der Waals surface area (Å²) in [6, 6.07) is 4.70. The molecule has 0 radical (unpaired) electrons. The second-order valence-electron chi connectivity index (χ2n) is 4.21. The first-order valence-electron chi connectivity index (χ1n) is 5.57. The van der Waals surface area contributed by atoms with Crippen LogP contribution in [0.5, 0.6) is 0 Å². The van der Waals surface area contributed by atoms with Gasteiger partial charge in [-0.3, -0.25) is 0 Å². The fourth-order valence-corrected chi connectivity index (χ4v) is 2.60. The van der Waals surface area contributed by atoms with Gasteiger partial charge in [0.2, 0.25) is 0 Å². The molecule has 0 fully saturated rings. The highest BCUT2D eigenvalue weighted by molar-refractivity contribution is 9.10. The minimum absolute atomic E-state index is 0.160. The molecule has 3 heteroatoms. The molecule has 0 spiro atoms. The van der Waals surface area contributed by atoms with Gasteiger partial charge in [0.15, 0.2) is 0 Å². The Labute approximate surface area is 104 Å². The van der Waals surface area contributed by atoms with Crippen LogP contribution >= 0.6 is 15.9 Å². The van der Waals surface area contributed by atoms with Crippen LogP contribution in [0.3, 0.4) is 0 Å². The maximum absolute atomic E-state index is 13.3. The van der Waals surface area contributed by atoms with Gasteiger partial charge in [-0.15, -0.1) is 0 Å². The van der Waals surface area contributed by atoms with Gasteiger partial charge in [-0.2, -0.15) is 0 Å². The number of hydrogen-bond acceptors (Lipinski definition) is 1. The zero-order chi connectivity index (χ0) is 11.5. The van der Waals surface area contributed by atoms with Crippen molar-refractivity contribution in [2.75, 3.05) is 0 Å². The average Bonchev–Trinajstić information content (AvgIpc) is 2.28. The fourth-order valence-electron chi connectivity index (χ4n) is 2.11. The Morgan fingerprint density at radius 3 is 2.69 bits per heavy atom. The summed E-state index contributed by atoms with van der Waals surface area (Å²) in [5.74, 6) is -0.240. The van der Waals surface area contributed by atoms with Crippen molar-refractivity contribution in [3.05, 3.63) is 45.7 Å². The third kappa shape index (κ3) is 2.71. The Balaban J connectivity index is 2.25. The van der Waals surface area contributed by atoms with Crippen LogP contribution in [-0.2, 0) is 0 Å². The van der Waals surface area contributed by atoms with E-state index < -0.39 is 0 Å². The molecule has 1 unspecified atom stereocenters. The first kappa shape index (κ1) is 11.8. The first-order valence-corrected chi connectivity index (χ1v) is 6.36. The van der Waals surface area contributed by atoms with E-state index in [2.05, 4.69) is 22.0 Å². The number of halogens is 2. The summed E-state index contributed by atoms with van der Waals surface area (Å²) in [6.45, 7) is 0. The molecule has 1 nitrogen and oxygen atoms in total. The Morgan fingerprint density at radius 1 is 1.25 bits per heavy atom. The molecule has 16 heavy (non-hydrogen) atoms. The standard InChI is InChI=1S/C13H15BrFN/c14-11-6-10(7-12(15)8-11)13(16)9-4-2-1-3-5-9/h4,6-8,13H,1-3,5,16H2. The van der Waals surface area contributed by atoms with Crippen LogP contribution in [0.4, 0.5) is 4.39 Å². The van der Waals surface area contributed by atoms with Crippen LogP contribution in [0.1, 0.15) is 37.3 Å². The zero-order valence-electron chi connectivity index (χ0n) is 9.05. The van der Waals surface area contributed by atoms with Crippen molar-refractivity contribution >= 4 is 15.9 Å². The maximum atomic E-state index is 13.3. The van der Waals surface area contributed by atoms with E-state index >= 15 is 0 Å². The first-order chi connectivity index (χ1) is 7.66. The molecule has 1 atom stereocenters. The molecule has 1 aliphatic rings. The predicted molar refractivity (Wildman–Crippen MR) is 67.6 cm³/mol. The zero-order valence-corrected chi connectivity index (χ0v) is 10.6. The second-order valence-corrected chi connectivity index (χ2v) is 5.12. The van der Waals surface area contributed by atoms with Crippen LogP contribution in [0.2, 0.25) is 0 Å². The van der Waals surface area contributed by atoms with Crippen molar-refractivity contribution in [2.24, 2.45) is 5.73 Å². The Bertz CT molecular complexity index is 394. The van der Waals surface area contributed by atoms with Gasteiger partial charge in [0.25, 0.3) is 0 Å². The number of nitrogens with two attached hydrogens (primary N) is 1. The molecule has 0 heterocycles. The molecule has 86 valence electrons. The molecule has 0 bridgehead atoms. The van der Waals surface area contributed by atoms with Gasteiger partial charge in [0.1, 0.15) is 5.82 Å². The second kappa shape index (κ2) is 5.11. The monoisotopic (exact) mass is 283 g/mol. The summed E-state index contributed by atoms with van der Waals surface area (Å²) in [4.78, 5) is 0. The van der Waals surface area contributed by atoms with Gasteiger partial charge in [-0.05, 0) is 49.4 Å². The summed E-state index contributed by atoms with van der Waals surface area (Å²) < 4.78 is 14.0. The third-order valence-corrected chi connectivity index (χ3v) is 3.43. The highest BCUT2D eigenvalue weighted by Gasteiger charge is 2.15. The molecule has 1 aliphatic carbocycles. The van der Waals surface area contributed by atoms with Crippen LogP contribution in [0.25, 0.3) is 0 Å². The minimum Gasteiger partial charge on any atom is -0.321 e. The summed E-state index contributed by atoms with van der Waals surface area (Å²) in [5.41, 5.74) is 8.24. The number of hydrogen-bond donors (Lipinski definition) is 1. The molecule has 0 aromatic heterocycles. The van der Waals surface area contributed by atoms with Crippen LogP contribution in [0, 0.1) is 5.82 Å². The molecule has 0 aliphatic heterocycles. The van der Waals surface area contributed by atoms with Gasteiger partial charge in [-0.1, -0.05) is 27.6 Å². The van der Waals surface area contributed by atoms with Crippen molar-refractivity contribution in [1.82, 2.24) is 0 Å². The SMILES string of the molecule is NC(C1=CCCCC1)c1cc(F)cc(Br)c1. The topological polar surface area (TPSA) is 26.0 Å². The van der Waals surface area contributed by atoms with Crippen molar-refractivity contribution < 1.29 is 4.39 Å². The third-order valence-electron chi connectivity index (χ3n) is 2.97. The lowest BCUT2D eigenvalue weighted by Crippen LogP contribution is -2.15. The van der Waals surface area contributed by atoms with Gasteiger partial charge < -0.3 is 5.73 Å². The average molecular weight is 284 g/mol. The van der Waals surface area contributed by atoms with Crippen LogP contribution in [0.15, 0.2) is 34.3 Å². The Kier molecular flexibility index (Phi) is 3.77. The molecule has 2 rings (SSSR count). The van der Waals surface area contributed by atoms with Crippen molar-refractivity contribution in [1.29, 1.82) is 0 Å². The van der Waals surface area contributed by atoms with E-state index in [-0.39, 0.29) is 11.9 Å². The molecule has 0 amide bonds. The molecule has 1 aromatic rings. The van der Waals surface area contributed by atoms with Crippen molar-refractivity contribution in [3.8, 4) is 0 Å². The number of allylic oxidation sites excluding steroid dienone is 1. The molecular formula is C13H15BrFN. The lowest BCUT2D eigenvalue weighted by atomic mass is 9.90. The smallest absolute Gasteiger partial charge is 0.124 e. The summed E-state index contributed by atoms with van der Waals surface area (Å²) >= 11 is 3.29. The molecular weight excluding hydrogens is 269 g/mol. The van der Waals surface area contributed by atoms with E-state index in [4.69, 9.17) is 5.73 Å². The van der Waals surface area contributed by atoms with Gasteiger partial charge in [0.05, 0.1) is 6.04 Å². The Morgan fingerprint density at radius 2 is 2.06 bits per heavy atom. The van der Waals surface area contributed by atoms with E-state index in [9.17, 15) is 4.39 Å². The highest BCUT2D eigenvalue weighted by atomic mass is 79.9. The van der Waals surface area contributed by atoms with E-state index in [0.29, 0.717) is 0 Å². The van der Waals surface area contributed by atoms with Crippen molar-refractivity contribution in [3.63, 3.8) is 0 Å². The van der Waals surface area contributed by atoms with Crippen LogP contribution < -0.4 is 5.73 Å². The summed E-state index contributed by atoms with van der Waals surface area (Å²) in [7, 11) is 0. The van der Waals surface area contributed by atoms with E-state index in [0.717, 1.165) is 22.9 Å². The number of benzene rings is 1. The quantitative estimate of drug-likeness (QED) is 0.813. The normalized spacial score (nSPS) is 18.1. The molecule has 2 N–H and O–H groups in total. The van der Waals surface area contributed by atoms with E-state index in [1.54, 1.807) is 0 Å². The maximum Gasteiger partial charge on any atom is 0.124 e. The van der Waals surface area contributed by atoms with Crippen LogP contribution in [-0.4, -0.2) is 0 Å². The molecule has 0 saturated carbocycles. The summed E-state index contributed by atoms with van der Waals surface area (Å²) in [6.07, 6.45) is 6.76. The largest absolute Gasteiger partial charge is 0.321 e. The fraction of sp³-hybridized carbons (Fsp3) is 0.385. The minimum atomic E-state index is -0.240. The molecule has 1 aromatic carbocycles.